The van der Waals surface area contributed by atoms with Gasteiger partial charge >= 0.3 is 11.3 Å². The molecule has 0 saturated heterocycles. The molecule has 0 fully saturated rings. The first-order valence-electron chi connectivity index (χ1n) is 8.18. The van der Waals surface area contributed by atoms with Crippen molar-refractivity contribution in [3.63, 3.8) is 0 Å². The average molecular weight is 365 g/mol. The Morgan fingerprint density at radius 3 is 2.44 bits per heavy atom. The van der Waals surface area contributed by atoms with Crippen molar-refractivity contribution >= 4 is 22.0 Å². The largest absolute Gasteiger partial charge is 0.507 e. The van der Waals surface area contributed by atoms with Crippen LogP contribution in [0.4, 0.5) is 0 Å². The number of aromatic nitrogens is 3. The van der Waals surface area contributed by atoms with Gasteiger partial charge in [0.1, 0.15) is 17.0 Å². The first kappa shape index (κ1) is 16.8. The molecule has 0 saturated carbocycles. The molecule has 0 atom stereocenters. The molecule has 0 amide bonds. The van der Waals surface area contributed by atoms with Crippen LogP contribution in [-0.2, 0) is 0 Å². The number of phenols is 1. The maximum Gasteiger partial charge on any atom is 0.339 e. The predicted molar refractivity (Wildman–Crippen MR) is 100 cm³/mol. The highest BCUT2D eigenvalue weighted by molar-refractivity contribution is 5.92. The lowest BCUT2D eigenvalue weighted by molar-refractivity contribution is 0.470. The van der Waals surface area contributed by atoms with E-state index in [1.807, 2.05) is 0 Å². The number of rotatable bonds is 1. The Kier molecular flexibility index (Phi) is 3.52. The minimum absolute atomic E-state index is 0.0899. The van der Waals surface area contributed by atoms with Gasteiger partial charge < -0.3 is 9.52 Å². The van der Waals surface area contributed by atoms with Crippen LogP contribution in [0.2, 0.25) is 0 Å². The number of hydrogen-bond acceptors (Lipinski definition) is 6. The zero-order valence-electron chi connectivity index (χ0n) is 14.8. The Bertz CT molecular complexity index is 1430. The summed E-state index contributed by atoms with van der Waals surface area (Å²) in [6.07, 6.45) is 0. The summed E-state index contributed by atoms with van der Waals surface area (Å²) in [5.74, 6) is -0.0899. The number of nitrogens with zero attached hydrogens (tertiary/aromatic N) is 1. The number of aryl methyl sites for hydroxylation is 2. The van der Waals surface area contributed by atoms with Crippen molar-refractivity contribution in [2.45, 2.75) is 20.8 Å². The molecule has 4 rings (SSSR count). The van der Waals surface area contributed by atoms with Crippen molar-refractivity contribution < 1.29 is 9.52 Å². The topological polar surface area (TPSA) is 129 Å². The summed E-state index contributed by atoms with van der Waals surface area (Å²) in [6, 6.07) is 4.79. The van der Waals surface area contributed by atoms with E-state index in [0.717, 1.165) is 5.56 Å². The second kappa shape index (κ2) is 5.66. The van der Waals surface area contributed by atoms with E-state index in [-0.39, 0.29) is 16.8 Å². The number of aromatic amines is 2. The summed E-state index contributed by atoms with van der Waals surface area (Å²) in [7, 11) is 0. The third-order valence-electron chi connectivity index (χ3n) is 4.83. The van der Waals surface area contributed by atoms with Crippen LogP contribution in [0.5, 0.6) is 5.75 Å². The Morgan fingerprint density at radius 1 is 0.963 bits per heavy atom. The van der Waals surface area contributed by atoms with E-state index >= 15 is 0 Å². The van der Waals surface area contributed by atoms with Crippen molar-refractivity contribution in [3.05, 3.63) is 66.1 Å². The molecule has 3 N–H and O–H groups in total. The number of phenolic OH excluding ortho intramolecular Hbond substituents is 1. The van der Waals surface area contributed by atoms with Gasteiger partial charge in [0.2, 0.25) is 0 Å². The predicted octanol–water partition coefficient (Wildman–Crippen LogP) is 2.02. The van der Waals surface area contributed by atoms with Gasteiger partial charge in [-0.25, -0.2) is 14.6 Å². The lowest BCUT2D eigenvalue weighted by Gasteiger charge is -2.12. The van der Waals surface area contributed by atoms with Crippen LogP contribution in [0.3, 0.4) is 0 Å². The van der Waals surface area contributed by atoms with E-state index in [0.29, 0.717) is 33.4 Å². The molecule has 4 aromatic rings. The van der Waals surface area contributed by atoms with E-state index in [4.69, 9.17) is 4.42 Å². The highest BCUT2D eigenvalue weighted by Gasteiger charge is 2.18. The van der Waals surface area contributed by atoms with Crippen LogP contribution in [0.1, 0.15) is 16.7 Å². The van der Waals surface area contributed by atoms with Crippen LogP contribution in [0.25, 0.3) is 33.3 Å². The fourth-order valence-corrected chi connectivity index (χ4v) is 3.12. The molecular weight excluding hydrogens is 350 g/mol. The number of fused-ring (bicyclic) bond motifs is 2. The smallest absolute Gasteiger partial charge is 0.339 e. The number of hydrogen-bond donors (Lipinski definition) is 3. The summed E-state index contributed by atoms with van der Waals surface area (Å²) in [5.41, 5.74) is 1.19. The van der Waals surface area contributed by atoms with E-state index in [1.54, 1.807) is 32.9 Å². The maximum absolute atomic E-state index is 12.0. The van der Waals surface area contributed by atoms with E-state index in [2.05, 4.69) is 15.0 Å². The SMILES string of the molecule is Cc1c(C)c2cc(-c3ccc4c(=O)[nH]c(=O)[nH]c4n3)c(O)c(C)c2oc1=O. The zero-order valence-corrected chi connectivity index (χ0v) is 14.8. The maximum atomic E-state index is 12.0. The summed E-state index contributed by atoms with van der Waals surface area (Å²) in [4.78, 5) is 44.3. The summed E-state index contributed by atoms with van der Waals surface area (Å²) >= 11 is 0. The third-order valence-corrected chi connectivity index (χ3v) is 4.83. The molecule has 0 spiro atoms. The molecule has 1 aromatic carbocycles. The van der Waals surface area contributed by atoms with Gasteiger partial charge in [0, 0.05) is 22.1 Å². The molecule has 3 aromatic heterocycles. The molecule has 8 nitrogen and oxygen atoms in total. The fraction of sp³-hybridized carbons (Fsp3) is 0.158. The second-order valence-electron chi connectivity index (χ2n) is 6.41. The molecule has 0 aliphatic carbocycles. The highest BCUT2D eigenvalue weighted by atomic mass is 16.4. The summed E-state index contributed by atoms with van der Waals surface area (Å²) in [6.45, 7) is 5.12. The Hall–Kier alpha value is -3.68. The van der Waals surface area contributed by atoms with Gasteiger partial charge in [-0.15, -0.1) is 0 Å². The Balaban J connectivity index is 2.09. The Labute approximate surface area is 151 Å². The normalized spacial score (nSPS) is 11.4. The lowest BCUT2D eigenvalue weighted by atomic mass is 9.98. The quantitative estimate of drug-likeness (QED) is 0.443. The first-order chi connectivity index (χ1) is 12.8. The molecule has 0 radical (unpaired) electrons. The number of nitrogens with one attached hydrogen (secondary N) is 2. The van der Waals surface area contributed by atoms with Crippen molar-refractivity contribution in [3.8, 4) is 17.0 Å². The molecule has 0 unspecified atom stereocenters. The van der Waals surface area contributed by atoms with Crippen molar-refractivity contribution in [1.29, 1.82) is 0 Å². The van der Waals surface area contributed by atoms with Crippen molar-refractivity contribution in [2.24, 2.45) is 0 Å². The molecule has 0 bridgehead atoms. The van der Waals surface area contributed by atoms with Gasteiger partial charge in [0.15, 0.2) is 0 Å². The Morgan fingerprint density at radius 2 is 1.70 bits per heavy atom. The van der Waals surface area contributed by atoms with E-state index in [9.17, 15) is 19.5 Å². The zero-order chi connectivity index (χ0) is 19.5. The van der Waals surface area contributed by atoms with Gasteiger partial charge in [0.05, 0.1) is 11.1 Å². The van der Waals surface area contributed by atoms with Gasteiger partial charge in [-0.05, 0) is 44.5 Å². The molecule has 136 valence electrons. The molecular formula is C19H15N3O5. The first-order valence-corrected chi connectivity index (χ1v) is 8.18. The number of H-pyrrole nitrogens is 2. The van der Waals surface area contributed by atoms with Gasteiger partial charge in [-0.1, -0.05) is 0 Å². The minimum atomic E-state index is -0.663. The molecule has 8 heteroatoms. The van der Waals surface area contributed by atoms with Crippen molar-refractivity contribution in [1.82, 2.24) is 15.0 Å². The van der Waals surface area contributed by atoms with Crippen LogP contribution >= 0.6 is 0 Å². The fourth-order valence-electron chi connectivity index (χ4n) is 3.12. The average Bonchev–Trinajstić information content (AvgIpc) is 2.62. The van der Waals surface area contributed by atoms with E-state index < -0.39 is 16.9 Å². The third kappa shape index (κ3) is 2.45. The minimum Gasteiger partial charge on any atom is -0.507 e. The standard InChI is InChI=1S/C19H15N3O5/c1-7-8(2)18(25)27-15-9(3)14(23)12(6-11(7)15)13-5-4-10-16(20-13)21-19(26)22-17(10)24/h4-6,23H,1-3H3,(H2,20,21,22,24,26). The molecule has 0 aliphatic rings. The number of pyridine rings is 1. The molecule has 27 heavy (non-hydrogen) atoms. The van der Waals surface area contributed by atoms with Crippen molar-refractivity contribution in [2.75, 3.05) is 0 Å². The second-order valence-corrected chi connectivity index (χ2v) is 6.41. The summed E-state index contributed by atoms with van der Waals surface area (Å²) in [5, 5.41) is 11.5. The highest BCUT2D eigenvalue weighted by Crippen LogP contribution is 2.37. The number of aromatic hydroxyl groups is 1. The lowest BCUT2D eigenvalue weighted by Crippen LogP contribution is -2.22. The van der Waals surface area contributed by atoms with Crippen LogP contribution in [0, 0.1) is 20.8 Å². The molecule has 0 aliphatic heterocycles. The monoisotopic (exact) mass is 365 g/mol. The van der Waals surface area contributed by atoms with Gasteiger partial charge in [-0.2, -0.15) is 0 Å². The van der Waals surface area contributed by atoms with Crippen LogP contribution < -0.4 is 16.9 Å². The molecule has 3 heterocycles. The summed E-state index contributed by atoms with van der Waals surface area (Å²) < 4.78 is 5.35. The van der Waals surface area contributed by atoms with Gasteiger partial charge in [0.25, 0.3) is 5.56 Å². The van der Waals surface area contributed by atoms with Crippen LogP contribution in [0.15, 0.2) is 37.0 Å². The van der Waals surface area contributed by atoms with E-state index in [1.165, 1.54) is 6.07 Å². The van der Waals surface area contributed by atoms with Gasteiger partial charge in [-0.3, -0.25) is 14.8 Å². The number of benzene rings is 1. The van der Waals surface area contributed by atoms with Crippen LogP contribution in [-0.4, -0.2) is 20.1 Å².